The van der Waals surface area contributed by atoms with Crippen molar-refractivity contribution in [1.82, 2.24) is 9.55 Å². The van der Waals surface area contributed by atoms with E-state index in [1.165, 1.54) is 0 Å². The molecule has 0 bridgehead atoms. The number of fused-ring (bicyclic) bond motifs is 1. The first-order valence-corrected chi connectivity index (χ1v) is 5.48. The van der Waals surface area contributed by atoms with E-state index in [0.717, 1.165) is 17.8 Å². The van der Waals surface area contributed by atoms with Gasteiger partial charge >= 0.3 is 0 Å². The topological polar surface area (TPSA) is 58.1 Å². The minimum absolute atomic E-state index is 0.0908. The number of nitrogens with zero attached hydrogens (tertiary/aromatic N) is 2. The van der Waals surface area contributed by atoms with Crippen molar-refractivity contribution in [3.8, 4) is 0 Å². The Morgan fingerprint density at radius 1 is 1.35 bits per heavy atom. The summed E-state index contributed by atoms with van der Waals surface area (Å²) in [7, 11) is 0. The fraction of sp³-hybridized carbons (Fsp3) is 0.250. The van der Waals surface area contributed by atoms with Crippen LogP contribution in [0.5, 0.6) is 0 Å². The Labute approximate surface area is 98.0 Å². The maximum absolute atomic E-state index is 10.5. The fourth-order valence-electron chi connectivity index (χ4n) is 2.08. The van der Waals surface area contributed by atoms with Crippen molar-refractivity contribution >= 4 is 5.69 Å². The van der Waals surface area contributed by atoms with Gasteiger partial charge in [-0.1, -0.05) is 0 Å². The molecule has 17 heavy (non-hydrogen) atoms. The molecule has 1 atom stereocenters. The van der Waals surface area contributed by atoms with Crippen LogP contribution in [0, 0.1) is 4.91 Å². The maximum atomic E-state index is 10.5. The molecule has 3 rings (SSSR count). The van der Waals surface area contributed by atoms with E-state index in [0.29, 0.717) is 12.3 Å². The van der Waals surface area contributed by atoms with Crippen LogP contribution >= 0.6 is 0 Å². The smallest absolute Gasteiger partial charge is 0.253 e. The van der Waals surface area contributed by atoms with E-state index in [1.54, 1.807) is 12.1 Å². The Balaban J connectivity index is 1.97. The number of benzene rings is 1. The normalized spacial score (nSPS) is 18.7. The molecule has 0 spiro atoms. The molecule has 0 fully saturated rings. The van der Waals surface area contributed by atoms with Gasteiger partial charge in [0.2, 0.25) is 0 Å². The van der Waals surface area contributed by atoms with Gasteiger partial charge in [0.05, 0.1) is 24.8 Å². The molecule has 0 saturated carbocycles. The molecule has 0 radical (unpaired) electrons. The molecular weight excluding hydrogens is 218 g/mol. The van der Waals surface area contributed by atoms with E-state index in [1.807, 2.05) is 29.8 Å². The number of imidazole rings is 1. The summed E-state index contributed by atoms with van der Waals surface area (Å²) in [6.45, 7) is 1.52. The van der Waals surface area contributed by atoms with Crippen molar-refractivity contribution in [2.45, 2.75) is 12.6 Å². The van der Waals surface area contributed by atoms with E-state index >= 15 is 0 Å². The molecule has 1 aromatic heterocycles. The van der Waals surface area contributed by atoms with Crippen LogP contribution in [0.25, 0.3) is 0 Å². The molecule has 1 aliphatic rings. The summed E-state index contributed by atoms with van der Waals surface area (Å²) < 4.78 is 7.85. The monoisotopic (exact) mass is 230 g/mol. The van der Waals surface area contributed by atoms with Crippen LogP contribution < -0.4 is 5.18 Å². The lowest BCUT2D eigenvalue weighted by molar-refractivity contribution is -0.379. The molecule has 86 valence electrons. The molecule has 1 unspecified atom stereocenters. The van der Waals surface area contributed by atoms with Gasteiger partial charge in [-0.2, -0.15) is 0 Å². The molecule has 0 amide bonds. The Kier molecular flexibility index (Phi) is 2.45. The summed E-state index contributed by atoms with van der Waals surface area (Å²) in [5.74, 6) is 0. The second kappa shape index (κ2) is 4.10. The highest BCUT2D eigenvalue weighted by Crippen LogP contribution is 2.28. The van der Waals surface area contributed by atoms with Gasteiger partial charge in [-0.15, -0.1) is 0 Å². The van der Waals surface area contributed by atoms with Crippen LogP contribution in [0.4, 0.5) is 5.69 Å². The maximum Gasteiger partial charge on any atom is 0.253 e. The van der Waals surface area contributed by atoms with Gasteiger partial charge in [0.25, 0.3) is 5.69 Å². The zero-order valence-electron chi connectivity index (χ0n) is 9.17. The number of hydrogen-bond donors (Lipinski definition) is 1. The first-order valence-electron chi connectivity index (χ1n) is 5.48. The van der Waals surface area contributed by atoms with Crippen molar-refractivity contribution < 1.29 is 9.91 Å². The lowest BCUT2D eigenvalue weighted by Gasteiger charge is -2.24. The number of hydrogen-bond acceptors (Lipinski definition) is 3. The predicted octanol–water partition coefficient (Wildman–Crippen LogP) is 0.481. The summed E-state index contributed by atoms with van der Waals surface area (Å²) in [5.41, 5.74) is 2.64. The molecule has 5 nitrogen and oxygen atoms in total. The molecule has 0 aliphatic carbocycles. The summed E-state index contributed by atoms with van der Waals surface area (Å²) in [5, 5.41) is 1.86. The zero-order valence-corrected chi connectivity index (χ0v) is 9.17. The number of rotatable bonds is 2. The second-order valence-electron chi connectivity index (χ2n) is 3.99. The Morgan fingerprint density at radius 3 is 2.94 bits per heavy atom. The predicted molar refractivity (Wildman–Crippen MR) is 60.5 cm³/mol. The lowest BCUT2D eigenvalue weighted by Crippen LogP contribution is -2.55. The Hall–Kier alpha value is -2.01. The van der Waals surface area contributed by atoms with Gasteiger partial charge in [-0.25, -0.2) is 4.98 Å². The molecule has 0 saturated heterocycles. The van der Waals surface area contributed by atoms with E-state index in [4.69, 9.17) is 4.74 Å². The van der Waals surface area contributed by atoms with Crippen molar-refractivity contribution in [3.05, 3.63) is 53.0 Å². The molecule has 2 heterocycles. The molecule has 5 heteroatoms. The molecular formula is C12H12N3O2+. The Morgan fingerprint density at radius 2 is 2.18 bits per heavy atom. The first-order chi connectivity index (χ1) is 8.38. The quantitative estimate of drug-likeness (QED) is 0.816. The van der Waals surface area contributed by atoms with Gasteiger partial charge in [-0.05, 0) is 17.7 Å². The van der Waals surface area contributed by atoms with Crippen molar-refractivity contribution in [1.29, 1.82) is 0 Å². The average molecular weight is 230 g/mol. The molecule has 1 N–H and O–H groups in total. The largest absolute Gasteiger partial charge is 0.365 e. The van der Waals surface area contributed by atoms with Gasteiger partial charge < -0.3 is 9.30 Å². The van der Waals surface area contributed by atoms with Crippen LogP contribution in [0.15, 0.2) is 36.8 Å². The highest BCUT2D eigenvalue weighted by atomic mass is 16.5. The SMILES string of the molecule is O=[NH+]c1ccc(C2OCCn3cncc32)cc1. The standard InChI is InChI=1S/C12H11N3O2/c16-14-10-3-1-9(2-4-10)12-11-7-13-8-15(11)5-6-17-12/h1-4,7-8,12H,5-6H2/p+1. The Bertz CT molecular complexity index is 533. The van der Waals surface area contributed by atoms with Crippen LogP contribution in [-0.4, -0.2) is 16.2 Å². The summed E-state index contributed by atoms with van der Waals surface area (Å²) in [4.78, 5) is 14.6. The van der Waals surface area contributed by atoms with Crippen molar-refractivity contribution in [2.75, 3.05) is 6.61 Å². The number of ether oxygens (including phenoxy) is 1. The number of nitrogens with one attached hydrogen (secondary N) is 1. The number of aromatic nitrogens is 2. The van der Waals surface area contributed by atoms with Crippen LogP contribution in [-0.2, 0) is 11.3 Å². The average Bonchev–Trinajstić information content (AvgIpc) is 2.87. The highest BCUT2D eigenvalue weighted by Gasteiger charge is 2.22. The highest BCUT2D eigenvalue weighted by molar-refractivity contribution is 5.35. The zero-order chi connectivity index (χ0) is 11.7. The molecule has 2 aromatic rings. The third-order valence-electron chi connectivity index (χ3n) is 2.96. The minimum Gasteiger partial charge on any atom is -0.365 e. The summed E-state index contributed by atoms with van der Waals surface area (Å²) in [6.07, 6.45) is 3.55. The van der Waals surface area contributed by atoms with Gasteiger partial charge in [0.1, 0.15) is 6.10 Å². The fourth-order valence-corrected chi connectivity index (χ4v) is 2.08. The van der Waals surface area contributed by atoms with Gasteiger partial charge in [0, 0.05) is 28.8 Å². The minimum atomic E-state index is -0.0908. The van der Waals surface area contributed by atoms with Gasteiger partial charge in [-0.3, -0.25) is 0 Å². The third-order valence-corrected chi connectivity index (χ3v) is 2.96. The van der Waals surface area contributed by atoms with E-state index in [-0.39, 0.29) is 6.10 Å². The van der Waals surface area contributed by atoms with E-state index in [9.17, 15) is 4.91 Å². The third kappa shape index (κ3) is 1.74. The summed E-state index contributed by atoms with van der Waals surface area (Å²) >= 11 is 0. The molecule has 1 aromatic carbocycles. The van der Waals surface area contributed by atoms with Crippen LogP contribution in [0.2, 0.25) is 0 Å². The van der Waals surface area contributed by atoms with E-state index < -0.39 is 0 Å². The number of nitroso groups, excluding NO2 is 1. The first kappa shape index (κ1) is 10.2. The second-order valence-corrected chi connectivity index (χ2v) is 3.99. The van der Waals surface area contributed by atoms with Crippen LogP contribution in [0.1, 0.15) is 17.4 Å². The van der Waals surface area contributed by atoms with Crippen molar-refractivity contribution in [2.24, 2.45) is 0 Å². The van der Waals surface area contributed by atoms with Gasteiger partial charge in [0.15, 0.2) is 0 Å². The van der Waals surface area contributed by atoms with Crippen molar-refractivity contribution in [3.63, 3.8) is 0 Å². The van der Waals surface area contributed by atoms with E-state index in [2.05, 4.69) is 9.55 Å². The molecule has 1 aliphatic heterocycles. The lowest BCUT2D eigenvalue weighted by atomic mass is 10.1. The summed E-state index contributed by atoms with van der Waals surface area (Å²) in [6, 6.07) is 7.29. The van der Waals surface area contributed by atoms with Crippen LogP contribution in [0.3, 0.4) is 0 Å².